The summed E-state index contributed by atoms with van der Waals surface area (Å²) in [4.78, 5) is 2.57. The van der Waals surface area contributed by atoms with Gasteiger partial charge in [-0.05, 0) is 63.4 Å². The van der Waals surface area contributed by atoms with E-state index in [2.05, 4.69) is 73.5 Å². The number of piperidine rings is 1. The van der Waals surface area contributed by atoms with Crippen molar-refractivity contribution >= 4 is 0 Å². The van der Waals surface area contributed by atoms with E-state index >= 15 is 0 Å². The van der Waals surface area contributed by atoms with E-state index in [9.17, 15) is 5.11 Å². The molecule has 8 rings (SSSR count). The largest absolute Gasteiger partial charge is 0.489 e. The molecule has 2 aromatic rings. The Morgan fingerprint density at radius 2 is 1.97 bits per heavy atom. The number of fused-ring (bicyclic) bond motifs is 1. The molecule has 1 N–H and O–H groups in total. The standard InChI is InChI=1S/C34H43NO4/c1-5-6-15-31(2,36)26-22-32-16-17-34(26,37-4)30-33(32)18-19-35(3)27(32)21-24-12-13-25(29(39-30)28(24)33)38-20-14-23-10-8-7-9-11-23/h7-13,16-17,26-27,30,36H,5-6,14-15,18-22H2,1-4H3/t26-,27-,30-,31-,32-,33+,34-/m1/s1. The lowest BCUT2D eigenvalue weighted by Crippen LogP contribution is -2.80. The van der Waals surface area contributed by atoms with E-state index in [4.69, 9.17) is 14.2 Å². The number of hydrogen-bond donors (Lipinski definition) is 1. The van der Waals surface area contributed by atoms with Crippen LogP contribution in [0, 0.1) is 11.3 Å². The van der Waals surface area contributed by atoms with Gasteiger partial charge in [-0.2, -0.15) is 0 Å². The second-order valence-electron chi connectivity index (χ2n) is 13.1. The van der Waals surface area contributed by atoms with Crippen molar-refractivity contribution < 1.29 is 19.3 Å². The molecule has 0 unspecified atom stereocenters. The van der Waals surface area contributed by atoms with E-state index in [1.165, 1.54) is 16.7 Å². The van der Waals surface area contributed by atoms with Gasteiger partial charge in [0.1, 0.15) is 11.7 Å². The van der Waals surface area contributed by atoms with Crippen LogP contribution >= 0.6 is 0 Å². The molecule has 4 aliphatic carbocycles. The lowest BCUT2D eigenvalue weighted by atomic mass is 9.36. The Labute approximate surface area is 233 Å². The number of aliphatic hydroxyl groups is 1. The van der Waals surface area contributed by atoms with Crippen LogP contribution in [0.2, 0.25) is 0 Å². The highest BCUT2D eigenvalue weighted by atomic mass is 16.6. The Hall–Kier alpha value is -2.34. The molecule has 39 heavy (non-hydrogen) atoms. The first-order valence-corrected chi connectivity index (χ1v) is 15.0. The predicted octanol–water partition coefficient (Wildman–Crippen LogP) is 5.47. The Morgan fingerprint density at radius 1 is 1.15 bits per heavy atom. The Morgan fingerprint density at radius 3 is 2.74 bits per heavy atom. The zero-order valence-electron chi connectivity index (χ0n) is 23.9. The molecule has 0 radical (unpaired) electrons. The Balaban J connectivity index is 1.34. The minimum absolute atomic E-state index is 0.0445. The number of likely N-dealkylation sites (N-methyl/N-ethyl adjacent to an activating group) is 1. The molecule has 208 valence electrons. The van der Waals surface area contributed by atoms with E-state index < -0.39 is 11.2 Å². The number of ether oxygens (including phenoxy) is 3. The van der Waals surface area contributed by atoms with E-state index in [1.54, 1.807) is 0 Å². The molecule has 2 aromatic carbocycles. The third-order valence-electron chi connectivity index (χ3n) is 11.3. The second kappa shape index (κ2) is 8.83. The van der Waals surface area contributed by atoms with Gasteiger partial charge < -0.3 is 24.2 Å². The molecule has 2 spiro atoms. The molecule has 0 amide bonds. The average Bonchev–Trinajstić information content (AvgIpc) is 3.32. The highest BCUT2D eigenvalue weighted by Crippen LogP contribution is 2.75. The number of methoxy groups -OCH3 is 1. The third-order valence-corrected chi connectivity index (χ3v) is 11.3. The topological polar surface area (TPSA) is 51.2 Å². The molecule has 1 saturated carbocycles. The highest BCUT2D eigenvalue weighted by Gasteiger charge is 2.80. The zero-order chi connectivity index (χ0) is 27.0. The monoisotopic (exact) mass is 529 g/mol. The van der Waals surface area contributed by atoms with Crippen LogP contribution in [-0.4, -0.2) is 60.7 Å². The van der Waals surface area contributed by atoms with E-state index in [1.807, 2.05) is 14.0 Å². The fraction of sp³-hybridized carbons (Fsp3) is 0.588. The number of rotatable bonds is 9. The fourth-order valence-electron chi connectivity index (χ4n) is 9.50. The summed E-state index contributed by atoms with van der Waals surface area (Å²) in [5.41, 5.74) is 2.23. The van der Waals surface area contributed by atoms with Crippen molar-refractivity contribution in [2.75, 3.05) is 27.3 Å². The Kier molecular flexibility index (Phi) is 5.80. The van der Waals surface area contributed by atoms with E-state index in [-0.39, 0.29) is 22.9 Å². The lowest BCUT2D eigenvalue weighted by molar-refractivity contribution is -0.247. The van der Waals surface area contributed by atoms with Crippen molar-refractivity contribution in [3.05, 3.63) is 71.3 Å². The minimum atomic E-state index is -0.842. The van der Waals surface area contributed by atoms with Crippen molar-refractivity contribution in [1.82, 2.24) is 4.90 Å². The fourth-order valence-corrected chi connectivity index (χ4v) is 9.50. The van der Waals surface area contributed by atoms with Gasteiger partial charge in [-0.15, -0.1) is 0 Å². The van der Waals surface area contributed by atoms with Crippen LogP contribution in [0.15, 0.2) is 54.6 Å². The van der Waals surface area contributed by atoms with Gasteiger partial charge >= 0.3 is 0 Å². The molecule has 5 heteroatoms. The highest BCUT2D eigenvalue weighted by molar-refractivity contribution is 5.65. The van der Waals surface area contributed by atoms with Gasteiger partial charge in [0, 0.05) is 36.5 Å². The van der Waals surface area contributed by atoms with Crippen molar-refractivity contribution in [3.63, 3.8) is 0 Å². The lowest BCUT2D eigenvalue weighted by Gasteiger charge is -2.72. The van der Waals surface area contributed by atoms with E-state index in [0.717, 1.165) is 63.0 Å². The molecule has 1 saturated heterocycles. The molecule has 2 aliphatic heterocycles. The van der Waals surface area contributed by atoms with Crippen LogP contribution in [0.1, 0.15) is 62.6 Å². The molecule has 2 heterocycles. The summed E-state index contributed by atoms with van der Waals surface area (Å²) in [5.74, 6) is 1.73. The average molecular weight is 530 g/mol. The maximum Gasteiger partial charge on any atom is 0.166 e. The summed E-state index contributed by atoms with van der Waals surface area (Å²) >= 11 is 0. The van der Waals surface area contributed by atoms with Gasteiger partial charge in [0.25, 0.3) is 0 Å². The van der Waals surface area contributed by atoms with Gasteiger partial charge in [-0.25, -0.2) is 0 Å². The summed E-state index contributed by atoms with van der Waals surface area (Å²) in [6, 6.07) is 15.3. The van der Waals surface area contributed by atoms with Crippen LogP contribution in [0.4, 0.5) is 0 Å². The molecular weight excluding hydrogens is 486 g/mol. The van der Waals surface area contributed by atoms with Crippen LogP contribution in [-0.2, 0) is 23.0 Å². The number of hydrogen-bond acceptors (Lipinski definition) is 5. The molecule has 5 nitrogen and oxygen atoms in total. The zero-order valence-corrected chi connectivity index (χ0v) is 23.9. The summed E-state index contributed by atoms with van der Waals surface area (Å²) in [6.45, 7) is 5.88. The third kappa shape index (κ3) is 3.24. The number of nitrogens with zero attached hydrogens (tertiary/aromatic N) is 1. The summed E-state index contributed by atoms with van der Waals surface area (Å²) in [7, 11) is 4.11. The maximum atomic E-state index is 12.0. The molecule has 4 bridgehead atoms. The summed E-state index contributed by atoms with van der Waals surface area (Å²) in [6.07, 6.45) is 11.2. The summed E-state index contributed by atoms with van der Waals surface area (Å²) < 4.78 is 20.2. The van der Waals surface area contributed by atoms with Crippen LogP contribution < -0.4 is 9.47 Å². The first-order chi connectivity index (χ1) is 18.8. The first kappa shape index (κ1) is 25.6. The predicted molar refractivity (Wildman–Crippen MR) is 152 cm³/mol. The maximum absolute atomic E-state index is 12.0. The van der Waals surface area contributed by atoms with Gasteiger partial charge in [0.2, 0.25) is 0 Å². The smallest absolute Gasteiger partial charge is 0.166 e. The molecular formula is C34H43NO4. The molecule has 6 aliphatic rings. The van der Waals surface area contributed by atoms with Crippen LogP contribution in [0.3, 0.4) is 0 Å². The number of unbranched alkanes of at least 4 members (excludes halogenated alkanes) is 1. The van der Waals surface area contributed by atoms with Gasteiger partial charge in [-0.3, -0.25) is 0 Å². The van der Waals surface area contributed by atoms with E-state index in [0.29, 0.717) is 12.6 Å². The second-order valence-corrected chi connectivity index (χ2v) is 13.1. The first-order valence-electron chi connectivity index (χ1n) is 15.0. The normalized spacial score (nSPS) is 36.8. The van der Waals surface area contributed by atoms with Crippen LogP contribution in [0.5, 0.6) is 11.5 Å². The quantitative estimate of drug-likeness (QED) is 0.437. The van der Waals surface area contributed by atoms with Crippen molar-refractivity contribution in [3.8, 4) is 11.5 Å². The van der Waals surface area contributed by atoms with Crippen LogP contribution in [0.25, 0.3) is 0 Å². The van der Waals surface area contributed by atoms with Gasteiger partial charge in [0.15, 0.2) is 11.5 Å². The van der Waals surface area contributed by atoms with Crippen molar-refractivity contribution in [2.24, 2.45) is 11.3 Å². The number of likely N-dealkylation sites (tertiary alicyclic amines) is 1. The molecule has 2 fully saturated rings. The molecule has 7 atom stereocenters. The van der Waals surface area contributed by atoms with Crippen molar-refractivity contribution in [2.45, 2.75) is 87.6 Å². The summed E-state index contributed by atoms with van der Waals surface area (Å²) in [5, 5.41) is 12.0. The Bertz CT molecular complexity index is 1290. The number of benzene rings is 2. The SMILES string of the molecule is CCCC[C@@](C)(O)[C@H]1C[C@@]23C=C[C@]1(OC)[C@@H]1Oc4c(OCCc5ccccc5)ccc5c4[C@@]12CCN(C)[C@@H]3C5. The van der Waals surface area contributed by atoms with Gasteiger partial charge in [0.05, 0.1) is 17.6 Å². The minimum Gasteiger partial charge on any atom is -0.489 e. The van der Waals surface area contributed by atoms with Gasteiger partial charge in [-0.1, -0.05) is 68.3 Å². The molecule has 0 aromatic heterocycles. The van der Waals surface area contributed by atoms with Crippen molar-refractivity contribution in [1.29, 1.82) is 0 Å².